The maximum atomic E-state index is 14.9. The SMILES string of the molecule is Cc1nc2c(-c3ccc(Cl)cc3F)nc(N3CCC(F)(F)[C@H](c4cnn(C)c4)C3)nc2c(=O)n1C. The van der Waals surface area contributed by atoms with E-state index < -0.39 is 29.6 Å². The Morgan fingerprint density at radius 2 is 1.91 bits per heavy atom. The van der Waals surface area contributed by atoms with E-state index >= 15 is 0 Å². The van der Waals surface area contributed by atoms with E-state index in [9.17, 15) is 18.0 Å². The summed E-state index contributed by atoms with van der Waals surface area (Å²) in [4.78, 5) is 28.0. The third-order valence-corrected chi connectivity index (χ3v) is 6.60. The fourth-order valence-corrected chi connectivity index (χ4v) is 4.46. The van der Waals surface area contributed by atoms with Gasteiger partial charge in [0.05, 0.1) is 12.1 Å². The fraction of sp³-hybridized carbons (Fsp3) is 0.348. The normalized spacial score (nSPS) is 17.8. The van der Waals surface area contributed by atoms with Gasteiger partial charge in [-0.05, 0) is 25.1 Å². The smallest absolute Gasteiger partial charge is 0.279 e. The summed E-state index contributed by atoms with van der Waals surface area (Å²) in [5.74, 6) is -4.32. The third kappa shape index (κ3) is 4.03. The van der Waals surface area contributed by atoms with Gasteiger partial charge in [0.25, 0.3) is 11.5 Å². The number of benzene rings is 1. The summed E-state index contributed by atoms with van der Waals surface area (Å²) in [6, 6.07) is 4.08. The number of hydrogen-bond acceptors (Lipinski definition) is 6. The summed E-state index contributed by atoms with van der Waals surface area (Å²) in [5.41, 5.74) is 0.215. The summed E-state index contributed by atoms with van der Waals surface area (Å²) in [7, 11) is 3.21. The predicted octanol–water partition coefficient (Wildman–Crippen LogP) is 3.85. The van der Waals surface area contributed by atoms with Gasteiger partial charge < -0.3 is 4.90 Å². The number of anilines is 1. The molecule has 0 aliphatic carbocycles. The molecule has 1 aliphatic rings. The van der Waals surface area contributed by atoms with Crippen molar-refractivity contribution < 1.29 is 13.2 Å². The van der Waals surface area contributed by atoms with Crippen LogP contribution in [-0.2, 0) is 14.1 Å². The molecule has 5 rings (SSSR count). The first-order chi connectivity index (χ1) is 16.5. The second-order valence-corrected chi connectivity index (χ2v) is 9.11. The maximum absolute atomic E-state index is 14.9. The van der Waals surface area contributed by atoms with Crippen molar-refractivity contribution in [2.75, 3.05) is 18.0 Å². The van der Waals surface area contributed by atoms with Crippen molar-refractivity contribution in [1.29, 1.82) is 0 Å². The molecule has 4 heterocycles. The lowest BCUT2D eigenvalue weighted by atomic mass is 9.89. The number of rotatable bonds is 3. The molecule has 3 aromatic heterocycles. The van der Waals surface area contributed by atoms with E-state index in [4.69, 9.17) is 11.6 Å². The number of aryl methyl sites for hydroxylation is 2. The first kappa shape index (κ1) is 23.3. The third-order valence-electron chi connectivity index (χ3n) is 6.36. The summed E-state index contributed by atoms with van der Waals surface area (Å²) >= 11 is 5.92. The van der Waals surface area contributed by atoms with E-state index in [0.29, 0.717) is 11.4 Å². The molecule has 35 heavy (non-hydrogen) atoms. The lowest BCUT2D eigenvalue weighted by Crippen LogP contribution is -2.46. The van der Waals surface area contributed by atoms with Crippen molar-refractivity contribution in [2.45, 2.75) is 25.2 Å². The molecule has 0 N–H and O–H groups in total. The second-order valence-electron chi connectivity index (χ2n) is 8.67. The Morgan fingerprint density at radius 1 is 1.14 bits per heavy atom. The average molecular weight is 504 g/mol. The Labute approximate surface area is 203 Å². The first-order valence-corrected chi connectivity index (χ1v) is 11.2. The molecule has 1 saturated heterocycles. The topological polar surface area (TPSA) is 81.7 Å². The highest BCUT2D eigenvalue weighted by Crippen LogP contribution is 2.41. The summed E-state index contributed by atoms with van der Waals surface area (Å²) < 4.78 is 47.5. The molecule has 1 aliphatic heterocycles. The van der Waals surface area contributed by atoms with Gasteiger partial charge in [-0.2, -0.15) is 5.10 Å². The van der Waals surface area contributed by atoms with Crippen LogP contribution in [0.25, 0.3) is 22.3 Å². The minimum Gasteiger partial charge on any atom is -0.340 e. The van der Waals surface area contributed by atoms with E-state index in [1.165, 1.54) is 27.6 Å². The first-order valence-electron chi connectivity index (χ1n) is 10.9. The van der Waals surface area contributed by atoms with Crippen molar-refractivity contribution in [2.24, 2.45) is 14.1 Å². The molecular formula is C23H21ClF3N7O. The lowest BCUT2D eigenvalue weighted by Gasteiger charge is -2.38. The molecular weight excluding hydrogens is 483 g/mol. The summed E-state index contributed by atoms with van der Waals surface area (Å²) in [6.07, 6.45) is 2.53. The van der Waals surface area contributed by atoms with Crippen LogP contribution in [0.4, 0.5) is 19.1 Å². The van der Waals surface area contributed by atoms with Gasteiger partial charge in [0.15, 0.2) is 5.52 Å². The number of aromatic nitrogens is 6. The molecule has 0 saturated carbocycles. The number of fused-ring (bicyclic) bond motifs is 1. The lowest BCUT2D eigenvalue weighted by molar-refractivity contribution is -0.0425. The highest BCUT2D eigenvalue weighted by molar-refractivity contribution is 6.30. The number of piperidine rings is 1. The van der Waals surface area contributed by atoms with Gasteiger partial charge in [-0.15, -0.1) is 0 Å². The van der Waals surface area contributed by atoms with Crippen LogP contribution in [0.2, 0.25) is 5.02 Å². The van der Waals surface area contributed by atoms with Crippen molar-refractivity contribution in [3.8, 4) is 11.3 Å². The monoisotopic (exact) mass is 503 g/mol. The van der Waals surface area contributed by atoms with Gasteiger partial charge in [-0.1, -0.05) is 11.6 Å². The molecule has 0 radical (unpaired) electrons. The second kappa shape index (κ2) is 8.33. The summed E-state index contributed by atoms with van der Waals surface area (Å²) in [5, 5.41) is 4.22. The van der Waals surface area contributed by atoms with Crippen molar-refractivity contribution >= 4 is 28.6 Å². The highest BCUT2D eigenvalue weighted by Gasteiger charge is 2.46. The number of hydrogen-bond donors (Lipinski definition) is 0. The Hall–Kier alpha value is -3.47. The minimum atomic E-state index is -2.96. The predicted molar refractivity (Wildman–Crippen MR) is 125 cm³/mol. The molecule has 1 fully saturated rings. The summed E-state index contributed by atoms with van der Waals surface area (Å²) in [6.45, 7) is 1.49. The van der Waals surface area contributed by atoms with Gasteiger partial charge in [0.2, 0.25) is 5.95 Å². The van der Waals surface area contributed by atoms with Crippen LogP contribution in [0.15, 0.2) is 35.4 Å². The molecule has 0 unspecified atom stereocenters. The molecule has 1 aromatic carbocycles. The van der Waals surface area contributed by atoms with Crippen LogP contribution < -0.4 is 10.5 Å². The quantitative estimate of drug-likeness (QED) is 0.422. The van der Waals surface area contributed by atoms with E-state index in [2.05, 4.69) is 20.1 Å². The molecule has 12 heteroatoms. The number of halogens is 4. The van der Waals surface area contributed by atoms with Gasteiger partial charge in [-0.3, -0.25) is 14.0 Å². The van der Waals surface area contributed by atoms with Gasteiger partial charge in [0, 0.05) is 56.0 Å². The van der Waals surface area contributed by atoms with Crippen molar-refractivity contribution in [3.05, 3.63) is 63.2 Å². The van der Waals surface area contributed by atoms with Crippen LogP contribution in [0.1, 0.15) is 23.7 Å². The molecule has 0 amide bonds. The van der Waals surface area contributed by atoms with Gasteiger partial charge in [-0.25, -0.2) is 28.1 Å². The minimum absolute atomic E-state index is 0.0253. The van der Waals surface area contributed by atoms with Gasteiger partial charge >= 0.3 is 0 Å². The van der Waals surface area contributed by atoms with Crippen LogP contribution in [0.5, 0.6) is 0 Å². The van der Waals surface area contributed by atoms with E-state index in [-0.39, 0.29) is 46.4 Å². The van der Waals surface area contributed by atoms with Crippen LogP contribution in [-0.4, -0.2) is 48.3 Å². The largest absolute Gasteiger partial charge is 0.340 e. The van der Waals surface area contributed by atoms with Crippen LogP contribution in [0.3, 0.4) is 0 Å². The zero-order valence-corrected chi connectivity index (χ0v) is 19.9. The Balaban J connectivity index is 1.69. The number of nitrogens with zero attached hydrogens (tertiary/aromatic N) is 7. The standard InChI is InChI=1S/C23H21ClF3N7O/c1-12-29-19-18(15-5-4-14(24)8-17(15)25)30-22(31-20(19)21(35)33(12)3)34-7-6-23(26,27)16(11-34)13-9-28-32(2)10-13/h4-5,8-10,16H,6-7,11H2,1-3H3/t16-/m0/s1. The Bertz CT molecular complexity index is 1520. The van der Waals surface area contributed by atoms with E-state index in [1.54, 1.807) is 32.1 Å². The molecule has 0 spiro atoms. The maximum Gasteiger partial charge on any atom is 0.279 e. The van der Waals surface area contributed by atoms with E-state index in [1.807, 2.05) is 0 Å². The number of alkyl halides is 2. The molecule has 0 bridgehead atoms. The average Bonchev–Trinajstić information content (AvgIpc) is 3.23. The fourth-order valence-electron chi connectivity index (χ4n) is 4.31. The zero-order chi connectivity index (χ0) is 25.1. The van der Waals surface area contributed by atoms with Crippen LogP contribution >= 0.6 is 11.6 Å². The van der Waals surface area contributed by atoms with Gasteiger partial charge in [0.1, 0.15) is 22.9 Å². The Morgan fingerprint density at radius 3 is 2.60 bits per heavy atom. The molecule has 182 valence electrons. The van der Waals surface area contributed by atoms with Crippen LogP contribution in [0, 0.1) is 12.7 Å². The molecule has 4 aromatic rings. The van der Waals surface area contributed by atoms with E-state index in [0.717, 1.165) is 6.07 Å². The van der Waals surface area contributed by atoms with Crippen molar-refractivity contribution in [1.82, 2.24) is 29.3 Å². The molecule has 1 atom stereocenters. The van der Waals surface area contributed by atoms with Crippen molar-refractivity contribution in [3.63, 3.8) is 0 Å². The zero-order valence-electron chi connectivity index (χ0n) is 19.1. The Kier molecular flexibility index (Phi) is 5.54. The molecule has 8 nitrogen and oxygen atoms in total. The highest BCUT2D eigenvalue weighted by atomic mass is 35.5.